The van der Waals surface area contributed by atoms with Crippen molar-refractivity contribution in [3.05, 3.63) is 89.9 Å². The fourth-order valence-corrected chi connectivity index (χ4v) is 3.15. The number of furan rings is 1. The summed E-state index contributed by atoms with van der Waals surface area (Å²) in [6, 6.07) is 19.1. The van der Waals surface area contributed by atoms with E-state index in [-0.39, 0.29) is 17.0 Å². The van der Waals surface area contributed by atoms with Gasteiger partial charge in [0, 0.05) is 10.9 Å². The molecule has 0 saturated heterocycles. The summed E-state index contributed by atoms with van der Waals surface area (Å²) < 4.78 is 24.5. The van der Waals surface area contributed by atoms with Crippen molar-refractivity contribution in [3.63, 3.8) is 0 Å². The van der Waals surface area contributed by atoms with Gasteiger partial charge in [-0.15, -0.1) is 0 Å². The van der Waals surface area contributed by atoms with E-state index < -0.39 is 17.6 Å². The van der Waals surface area contributed by atoms with E-state index in [1.165, 1.54) is 24.3 Å². The lowest BCUT2D eigenvalue weighted by Gasteiger charge is -2.11. The van der Waals surface area contributed by atoms with E-state index in [1.807, 2.05) is 6.92 Å². The summed E-state index contributed by atoms with van der Waals surface area (Å²) in [6.07, 6.45) is 0. The summed E-state index contributed by atoms with van der Waals surface area (Å²) in [5.74, 6) is -1.01. The lowest BCUT2D eigenvalue weighted by Crippen LogP contribution is -2.17. The van der Waals surface area contributed by atoms with Crippen molar-refractivity contribution in [2.75, 3.05) is 17.2 Å². The molecule has 31 heavy (non-hydrogen) atoms. The van der Waals surface area contributed by atoms with Crippen LogP contribution in [0.15, 0.2) is 77.2 Å². The Balaban J connectivity index is 1.69. The third-order valence-corrected chi connectivity index (χ3v) is 4.58. The first-order valence-corrected chi connectivity index (χ1v) is 9.68. The van der Waals surface area contributed by atoms with Crippen molar-refractivity contribution in [2.45, 2.75) is 6.92 Å². The fourth-order valence-electron chi connectivity index (χ4n) is 3.15. The first kappa shape index (κ1) is 20.2. The zero-order valence-electron chi connectivity index (χ0n) is 16.6. The number of carbonyl (C=O) groups excluding carboxylic acids is 2. The van der Waals surface area contributed by atoms with Gasteiger partial charge in [-0.25, -0.2) is 4.39 Å². The number of halogens is 1. The first-order chi connectivity index (χ1) is 15.1. The Morgan fingerprint density at radius 3 is 2.39 bits per heavy atom. The van der Waals surface area contributed by atoms with Gasteiger partial charge in [-0.2, -0.15) is 0 Å². The fraction of sp³-hybridized carbons (Fsp3) is 0.0833. The van der Waals surface area contributed by atoms with Gasteiger partial charge in [0.05, 0.1) is 12.3 Å². The molecule has 4 aromatic rings. The Bertz CT molecular complexity index is 1250. The number of hydrogen-bond acceptors (Lipinski definition) is 4. The number of nitrogens with one attached hydrogen (secondary N) is 2. The maximum Gasteiger partial charge on any atom is 0.293 e. The second-order valence-corrected chi connectivity index (χ2v) is 6.65. The van der Waals surface area contributed by atoms with Crippen molar-refractivity contribution >= 4 is 34.2 Å². The van der Waals surface area contributed by atoms with Gasteiger partial charge in [0.25, 0.3) is 11.8 Å². The molecule has 0 radical (unpaired) electrons. The maximum atomic E-state index is 13.2. The molecule has 1 aromatic heterocycles. The monoisotopic (exact) mass is 418 g/mol. The van der Waals surface area contributed by atoms with E-state index in [0.717, 1.165) is 0 Å². The number of rotatable bonds is 6. The summed E-state index contributed by atoms with van der Waals surface area (Å²) in [5, 5.41) is 6.07. The van der Waals surface area contributed by atoms with Crippen molar-refractivity contribution < 1.29 is 23.1 Å². The Labute approximate surface area is 177 Å². The Kier molecular flexibility index (Phi) is 5.66. The van der Waals surface area contributed by atoms with Gasteiger partial charge in [0.1, 0.15) is 22.8 Å². The largest absolute Gasteiger partial charge is 0.492 e. The molecule has 3 aromatic carbocycles. The number of para-hydroxylation sites is 3. The van der Waals surface area contributed by atoms with Gasteiger partial charge in [-0.3, -0.25) is 9.59 Å². The molecule has 6 nitrogen and oxygen atoms in total. The molecule has 0 atom stereocenters. The predicted octanol–water partition coefficient (Wildman–Crippen LogP) is 5.48. The third-order valence-electron chi connectivity index (χ3n) is 4.58. The molecule has 156 valence electrons. The Morgan fingerprint density at radius 2 is 1.61 bits per heavy atom. The molecule has 0 saturated carbocycles. The molecule has 1 heterocycles. The number of amides is 2. The van der Waals surface area contributed by atoms with Crippen molar-refractivity contribution in [2.24, 2.45) is 0 Å². The number of benzene rings is 3. The van der Waals surface area contributed by atoms with Crippen molar-refractivity contribution in [1.82, 2.24) is 0 Å². The van der Waals surface area contributed by atoms with E-state index in [1.54, 1.807) is 48.5 Å². The molecule has 2 N–H and O–H groups in total. The van der Waals surface area contributed by atoms with Gasteiger partial charge < -0.3 is 19.8 Å². The molecule has 0 bridgehead atoms. The lowest BCUT2D eigenvalue weighted by atomic mass is 10.1. The summed E-state index contributed by atoms with van der Waals surface area (Å²) in [7, 11) is 0. The van der Waals surface area contributed by atoms with Crippen LogP contribution in [-0.2, 0) is 0 Å². The standard InChI is InChI=1S/C24H19FN2O4/c1-2-30-20-10-6-4-8-18(20)26-24(29)22-21(17-7-3-5-9-19(17)31-22)27-23(28)15-11-13-16(25)14-12-15/h3-14H,2H2,1H3,(H,26,29)(H,27,28). The van der Waals surface area contributed by atoms with Crippen LogP contribution in [0.25, 0.3) is 11.0 Å². The van der Waals surface area contributed by atoms with Crippen LogP contribution in [0.3, 0.4) is 0 Å². The highest BCUT2D eigenvalue weighted by molar-refractivity contribution is 6.17. The van der Waals surface area contributed by atoms with Crippen LogP contribution in [0.2, 0.25) is 0 Å². The summed E-state index contributed by atoms with van der Waals surface area (Å²) in [6.45, 7) is 2.29. The zero-order chi connectivity index (χ0) is 21.8. The number of ether oxygens (including phenoxy) is 1. The Morgan fingerprint density at radius 1 is 0.903 bits per heavy atom. The molecule has 0 aliphatic carbocycles. The average Bonchev–Trinajstić information content (AvgIpc) is 3.14. The first-order valence-electron chi connectivity index (χ1n) is 9.68. The van der Waals surface area contributed by atoms with Crippen LogP contribution >= 0.6 is 0 Å². The number of anilines is 2. The third kappa shape index (κ3) is 4.25. The van der Waals surface area contributed by atoms with Gasteiger partial charge in [0.15, 0.2) is 0 Å². The van der Waals surface area contributed by atoms with Crippen LogP contribution in [0.1, 0.15) is 27.8 Å². The highest BCUT2D eigenvalue weighted by Crippen LogP contribution is 2.33. The molecule has 7 heteroatoms. The van der Waals surface area contributed by atoms with Crippen LogP contribution in [0.4, 0.5) is 15.8 Å². The molecule has 0 spiro atoms. The minimum Gasteiger partial charge on any atom is -0.492 e. The van der Waals surface area contributed by atoms with Crippen LogP contribution in [0.5, 0.6) is 5.75 Å². The van der Waals surface area contributed by atoms with E-state index >= 15 is 0 Å². The minimum absolute atomic E-state index is 0.0528. The van der Waals surface area contributed by atoms with Gasteiger partial charge >= 0.3 is 0 Å². The molecular weight excluding hydrogens is 399 g/mol. The lowest BCUT2D eigenvalue weighted by molar-refractivity contribution is 0.0999. The molecule has 4 rings (SSSR count). The topological polar surface area (TPSA) is 80.6 Å². The SMILES string of the molecule is CCOc1ccccc1NC(=O)c1oc2ccccc2c1NC(=O)c1ccc(F)cc1. The quantitative estimate of drug-likeness (QED) is 0.435. The number of fused-ring (bicyclic) bond motifs is 1. The van der Waals surface area contributed by atoms with E-state index in [9.17, 15) is 14.0 Å². The smallest absolute Gasteiger partial charge is 0.293 e. The van der Waals surface area contributed by atoms with Gasteiger partial charge in [0.2, 0.25) is 5.76 Å². The van der Waals surface area contributed by atoms with Crippen LogP contribution < -0.4 is 15.4 Å². The normalized spacial score (nSPS) is 10.6. The molecule has 0 aliphatic rings. The number of hydrogen-bond donors (Lipinski definition) is 2. The van der Waals surface area contributed by atoms with E-state index in [2.05, 4.69) is 10.6 Å². The highest BCUT2D eigenvalue weighted by Gasteiger charge is 2.23. The second-order valence-electron chi connectivity index (χ2n) is 6.65. The van der Waals surface area contributed by atoms with Crippen LogP contribution in [0, 0.1) is 5.82 Å². The second kappa shape index (κ2) is 8.71. The highest BCUT2D eigenvalue weighted by atomic mass is 19.1. The average molecular weight is 418 g/mol. The van der Waals surface area contributed by atoms with E-state index in [4.69, 9.17) is 9.15 Å². The molecule has 0 unspecified atom stereocenters. The minimum atomic E-state index is -0.544. The van der Waals surface area contributed by atoms with E-state index in [0.29, 0.717) is 29.0 Å². The Hall–Kier alpha value is -4.13. The molecular formula is C24H19FN2O4. The molecule has 0 aliphatic heterocycles. The van der Waals surface area contributed by atoms with Crippen LogP contribution in [-0.4, -0.2) is 18.4 Å². The summed E-state index contributed by atoms with van der Waals surface area (Å²) in [4.78, 5) is 25.8. The summed E-state index contributed by atoms with van der Waals surface area (Å²) in [5.41, 5.74) is 1.40. The molecule has 0 fully saturated rings. The van der Waals surface area contributed by atoms with Crippen molar-refractivity contribution in [1.29, 1.82) is 0 Å². The summed E-state index contributed by atoms with van der Waals surface area (Å²) >= 11 is 0. The maximum absolute atomic E-state index is 13.2. The predicted molar refractivity (Wildman–Crippen MR) is 116 cm³/mol. The van der Waals surface area contributed by atoms with Gasteiger partial charge in [-0.1, -0.05) is 24.3 Å². The van der Waals surface area contributed by atoms with Gasteiger partial charge in [-0.05, 0) is 55.5 Å². The molecule has 2 amide bonds. The van der Waals surface area contributed by atoms with Crippen molar-refractivity contribution in [3.8, 4) is 5.75 Å². The number of carbonyl (C=O) groups is 2. The zero-order valence-corrected chi connectivity index (χ0v) is 16.6.